The zero-order valence-electron chi connectivity index (χ0n) is 10.6. The highest BCUT2D eigenvalue weighted by Gasteiger charge is 2.19. The van der Waals surface area contributed by atoms with Crippen LogP contribution < -0.4 is 0 Å². The molecule has 0 nitrogen and oxygen atoms in total. The van der Waals surface area contributed by atoms with E-state index in [0.29, 0.717) is 0 Å². The fourth-order valence-electron chi connectivity index (χ4n) is 2.73. The van der Waals surface area contributed by atoms with Gasteiger partial charge < -0.3 is 0 Å². The average molecular weight is 196 g/mol. The van der Waals surface area contributed by atoms with Gasteiger partial charge in [0.1, 0.15) is 0 Å². The van der Waals surface area contributed by atoms with Crippen molar-refractivity contribution in [3.8, 4) is 0 Å². The summed E-state index contributed by atoms with van der Waals surface area (Å²) in [6, 6.07) is 0. The Morgan fingerprint density at radius 1 is 0.500 bits per heavy atom. The predicted molar refractivity (Wildman–Crippen MR) is 64.4 cm³/mol. The lowest BCUT2D eigenvalue weighted by atomic mass is 9.78. The summed E-state index contributed by atoms with van der Waals surface area (Å²) in [7, 11) is 0. The molecule has 0 aromatic heterocycles. The first-order valence-electron chi connectivity index (χ1n) is 6.58. The Bertz CT molecular complexity index is 120. The van der Waals surface area contributed by atoms with Gasteiger partial charge >= 0.3 is 0 Å². The second kappa shape index (κ2) is 5.78. The standard InChI is InChI=1S/C8H16.C6H12/c1-7-3-5-8(2)6-4-7;1-5-3-6(2)4-5/h7-8H,3-6H2,1-2H3;5-6H,3-4H2,1-2H3. The summed E-state index contributed by atoms with van der Waals surface area (Å²) in [5, 5.41) is 0. The minimum Gasteiger partial charge on any atom is -0.0625 e. The molecule has 2 aliphatic rings. The van der Waals surface area contributed by atoms with Gasteiger partial charge in [-0.15, -0.1) is 0 Å². The number of hydrogen-bond acceptors (Lipinski definition) is 0. The quantitative estimate of drug-likeness (QED) is 0.518. The molecule has 0 spiro atoms. The first-order valence-corrected chi connectivity index (χ1v) is 6.58. The van der Waals surface area contributed by atoms with Crippen molar-refractivity contribution in [1.29, 1.82) is 0 Å². The Morgan fingerprint density at radius 2 is 0.786 bits per heavy atom. The maximum atomic E-state index is 2.37. The van der Waals surface area contributed by atoms with E-state index in [4.69, 9.17) is 0 Å². The molecular weight excluding hydrogens is 168 g/mol. The molecule has 0 aromatic rings. The highest BCUT2D eigenvalue weighted by atomic mass is 14.2. The van der Waals surface area contributed by atoms with Crippen molar-refractivity contribution < 1.29 is 0 Å². The van der Waals surface area contributed by atoms with E-state index in [2.05, 4.69) is 27.7 Å². The highest BCUT2D eigenvalue weighted by molar-refractivity contribution is 4.71. The zero-order valence-corrected chi connectivity index (χ0v) is 10.6. The molecular formula is C14H28. The largest absolute Gasteiger partial charge is 0.0625 e. The molecule has 0 amide bonds. The van der Waals surface area contributed by atoms with E-state index in [9.17, 15) is 0 Å². The summed E-state index contributed by atoms with van der Waals surface area (Å²) in [6.07, 6.45) is 8.84. The molecule has 0 aliphatic heterocycles. The van der Waals surface area contributed by atoms with Gasteiger partial charge in [-0.1, -0.05) is 53.4 Å². The summed E-state index contributed by atoms with van der Waals surface area (Å²) < 4.78 is 0. The molecule has 2 fully saturated rings. The Hall–Kier alpha value is 0. The summed E-state index contributed by atoms with van der Waals surface area (Å²) >= 11 is 0. The third kappa shape index (κ3) is 4.48. The molecule has 0 atom stereocenters. The minimum atomic E-state index is 1.02. The van der Waals surface area contributed by atoms with Gasteiger partial charge in [-0.25, -0.2) is 0 Å². The molecule has 2 aliphatic carbocycles. The van der Waals surface area contributed by atoms with Crippen molar-refractivity contribution in [3.63, 3.8) is 0 Å². The maximum absolute atomic E-state index is 2.37. The van der Waals surface area contributed by atoms with Gasteiger partial charge in [-0.05, 0) is 36.5 Å². The zero-order chi connectivity index (χ0) is 10.6. The molecule has 2 rings (SSSR count). The second-order valence-corrected chi connectivity index (χ2v) is 6.05. The van der Waals surface area contributed by atoms with Crippen LogP contribution in [0.15, 0.2) is 0 Å². The van der Waals surface area contributed by atoms with Gasteiger partial charge in [0.2, 0.25) is 0 Å². The molecule has 2 saturated carbocycles. The van der Waals surface area contributed by atoms with E-state index in [0.717, 1.165) is 23.7 Å². The SMILES string of the molecule is CC1CC(C)C1.CC1CCC(C)CC1. The molecule has 0 saturated heterocycles. The van der Waals surface area contributed by atoms with Crippen LogP contribution in [0.2, 0.25) is 0 Å². The molecule has 0 heterocycles. The first kappa shape index (κ1) is 12.1. The van der Waals surface area contributed by atoms with Crippen LogP contribution in [-0.4, -0.2) is 0 Å². The summed E-state index contributed by atoms with van der Waals surface area (Å²) in [4.78, 5) is 0. The molecule has 0 aromatic carbocycles. The smallest absolute Gasteiger partial charge is 0.0438 e. The fraction of sp³-hybridized carbons (Fsp3) is 1.00. The van der Waals surface area contributed by atoms with E-state index >= 15 is 0 Å². The molecule has 0 bridgehead atoms. The van der Waals surface area contributed by atoms with Crippen molar-refractivity contribution in [3.05, 3.63) is 0 Å². The Kier molecular flexibility index (Phi) is 4.98. The average Bonchev–Trinajstić information content (AvgIpc) is 2.09. The lowest BCUT2D eigenvalue weighted by molar-refractivity contribution is 0.233. The van der Waals surface area contributed by atoms with Gasteiger partial charge in [0.25, 0.3) is 0 Å². The molecule has 0 radical (unpaired) electrons. The third-order valence-corrected chi connectivity index (χ3v) is 3.91. The molecule has 0 unspecified atom stereocenters. The van der Waals surface area contributed by atoms with Crippen LogP contribution in [0.1, 0.15) is 66.2 Å². The van der Waals surface area contributed by atoms with Gasteiger partial charge in [-0.3, -0.25) is 0 Å². The highest BCUT2D eigenvalue weighted by Crippen LogP contribution is 2.31. The topological polar surface area (TPSA) is 0 Å². The summed E-state index contributed by atoms with van der Waals surface area (Å²) in [5.74, 6) is 4.12. The fourth-order valence-corrected chi connectivity index (χ4v) is 2.73. The van der Waals surface area contributed by atoms with Crippen LogP contribution in [0.3, 0.4) is 0 Å². The normalized spacial score (nSPS) is 42.0. The van der Waals surface area contributed by atoms with E-state index in [1.54, 1.807) is 0 Å². The van der Waals surface area contributed by atoms with Crippen molar-refractivity contribution in [2.45, 2.75) is 66.2 Å². The van der Waals surface area contributed by atoms with Crippen LogP contribution in [-0.2, 0) is 0 Å². The lowest BCUT2D eigenvalue weighted by Gasteiger charge is -2.28. The summed E-state index contributed by atoms with van der Waals surface area (Å²) in [6.45, 7) is 9.37. The molecule has 0 N–H and O–H groups in total. The lowest BCUT2D eigenvalue weighted by Crippen LogP contribution is -2.16. The Balaban J connectivity index is 0.000000146. The van der Waals surface area contributed by atoms with Crippen molar-refractivity contribution >= 4 is 0 Å². The number of hydrogen-bond donors (Lipinski definition) is 0. The Labute approximate surface area is 90.5 Å². The van der Waals surface area contributed by atoms with Crippen molar-refractivity contribution in [2.75, 3.05) is 0 Å². The summed E-state index contributed by atoms with van der Waals surface area (Å²) in [5.41, 5.74) is 0. The Morgan fingerprint density at radius 3 is 0.929 bits per heavy atom. The van der Waals surface area contributed by atoms with E-state index in [-0.39, 0.29) is 0 Å². The second-order valence-electron chi connectivity index (χ2n) is 6.05. The minimum absolute atomic E-state index is 1.02. The third-order valence-electron chi connectivity index (χ3n) is 3.91. The van der Waals surface area contributed by atoms with Crippen LogP contribution >= 0.6 is 0 Å². The molecule has 0 heteroatoms. The van der Waals surface area contributed by atoms with Crippen LogP contribution in [0.4, 0.5) is 0 Å². The molecule has 84 valence electrons. The van der Waals surface area contributed by atoms with E-state index < -0.39 is 0 Å². The van der Waals surface area contributed by atoms with Gasteiger partial charge in [0, 0.05) is 0 Å². The number of rotatable bonds is 0. The van der Waals surface area contributed by atoms with E-state index in [1.807, 2.05) is 0 Å². The van der Waals surface area contributed by atoms with Gasteiger partial charge in [0.05, 0.1) is 0 Å². The van der Waals surface area contributed by atoms with E-state index in [1.165, 1.54) is 38.5 Å². The van der Waals surface area contributed by atoms with Crippen molar-refractivity contribution in [2.24, 2.45) is 23.7 Å². The van der Waals surface area contributed by atoms with Gasteiger partial charge in [-0.2, -0.15) is 0 Å². The monoisotopic (exact) mass is 196 g/mol. The van der Waals surface area contributed by atoms with Gasteiger partial charge in [0.15, 0.2) is 0 Å². The molecule has 14 heavy (non-hydrogen) atoms. The van der Waals surface area contributed by atoms with Crippen molar-refractivity contribution in [1.82, 2.24) is 0 Å². The predicted octanol–water partition coefficient (Wildman–Crippen LogP) is 4.89. The first-order chi connectivity index (χ1) is 6.58. The maximum Gasteiger partial charge on any atom is -0.0438 e. The van der Waals surface area contributed by atoms with Crippen LogP contribution in [0.25, 0.3) is 0 Å². The van der Waals surface area contributed by atoms with Crippen LogP contribution in [0.5, 0.6) is 0 Å². The van der Waals surface area contributed by atoms with Crippen LogP contribution in [0, 0.1) is 23.7 Å².